The number of thiazole rings is 1. The van der Waals surface area contributed by atoms with Crippen molar-refractivity contribution in [2.45, 2.75) is 22.9 Å². The van der Waals surface area contributed by atoms with Gasteiger partial charge in [-0.05, 0) is 31.2 Å². The number of nitrogens with two attached hydrogens (primary N) is 1. The summed E-state index contributed by atoms with van der Waals surface area (Å²) in [6, 6.07) is 8.73. The molecule has 1 aromatic heterocycles. The molecule has 0 saturated heterocycles. The number of nitrogens with zero attached hydrogens (tertiary/aromatic N) is 1. The van der Waals surface area contributed by atoms with Crippen molar-refractivity contribution in [2.75, 3.05) is 0 Å². The van der Waals surface area contributed by atoms with Crippen LogP contribution in [0, 0.1) is 6.92 Å². The van der Waals surface area contributed by atoms with Crippen LogP contribution in [0.15, 0.2) is 58.3 Å². The van der Waals surface area contributed by atoms with E-state index in [4.69, 9.17) is 5.14 Å². The number of carbonyl (C=O) groups is 1. The minimum Gasteiger partial charge on any atom is -0.267 e. The first-order valence-electron chi connectivity index (χ1n) is 8.54. The molecule has 0 saturated carbocycles. The number of benzene rings is 2. The molecule has 3 aromatic rings. The third-order valence-electron chi connectivity index (χ3n) is 4.11. The second kappa shape index (κ2) is 8.27. The number of nitrogens with one attached hydrogen (secondary N) is 1. The second-order valence-electron chi connectivity index (χ2n) is 6.44. The summed E-state index contributed by atoms with van der Waals surface area (Å²) in [4.78, 5) is 15.1. The van der Waals surface area contributed by atoms with Crippen molar-refractivity contribution in [1.29, 1.82) is 0 Å². The largest absolute Gasteiger partial charge is 0.416 e. The van der Waals surface area contributed by atoms with Crippen LogP contribution in [-0.4, -0.2) is 27.7 Å². The first kappa shape index (κ1) is 23.8. The summed E-state index contributed by atoms with van der Waals surface area (Å²) < 4.78 is 89.3. The smallest absolute Gasteiger partial charge is 0.267 e. The van der Waals surface area contributed by atoms with E-state index in [1.165, 1.54) is 31.2 Å². The lowest BCUT2D eigenvalue weighted by molar-refractivity contribution is -0.137. The number of alkyl halides is 3. The van der Waals surface area contributed by atoms with E-state index in [0.717, 1.165) is 24.3 Å². The van der Waals surface area contributed by atoms with E-state index in [0.29, 0.717) is 11.3 Å². The number of rotatable bonds is 5. The fraction of sp³-hybridized carbons (Fsp3) is 0.111. The van der Waals surface area contributed by atoms with Crippen LogP contribution in [0.25, 0.3) is 10.6 Å². The van der Waals surface area contributed by atoms with E-state index >= 15 is 0 Å². The molecule has 170 valence electrons. The zero-order valence-electron chi connectivity index (χ0n) is 16.0. The average molecular weight is 506 g/mol. The minimum absolute atomic E-state index is 0.0704. The molecule has 0 bridgehead atoms. The van der Waals surface area contributed by atoms with Crippen molar-refractivity contribution in [3.05, 3.63) is 64.7 Å². The molecule has 0 spiro atoms. The van der Waals surface area contributed by atoms with Gasteiger partial charge in [-0.1, -0.05) is 24.3 Å². The molecule has 1 amide bonds. The third-order valence-corrected chi connectivity index (χ3v) is 7.80. The van der Waals surface area contributed by atoms with Crippen LogP contribution in [0.5, 0.6) is 0 Å². The Labute approximate surface area is 185 Å². The van der Waals surface area contributed by atoms with Gasteiger partial charge in [0.25, 0.3) is 15.9 Å². The highest BCUT2D eigenvalue weighted by Gasteiger charge is 2.31. The average Bonchev–Trinajstić information content (AvgIpc) is 3.08. The van der Waals surface area contributed by atoms with Gasteiger partial charge in [0.05, 0.1) is 11.3 Å². The summed E-state index contributed by atoms with van der Waals surface area (Å²) in [5.74, 6) is -1.12. The zero-order valence-corrected chi connectivity index (χ0v) is 18.5. The van der Waals surface area contributed by atoms with Crippen molar-refractivity contribution >= 4 is 37.3 Å². The predicted molar refractivity (Wildman–Crippen MR) is 110 cm³/mol. The van der Waals surface area contributed by atoms with E-state index in [2.05, 4.69) is 4.98 Å². The third kappa shape index (κ3) is 4.98. The fourth-order valence-electron chi connectivity index (χ4n) is 2.69. The molecule has 32 heavy (non-hydrogen) atoms. The predicted octanol–water partition coefficient (Wildman–Crippen LogP) is 2.90. The summed E-state index contributed by atoms with van der Waals surface area (Å²) in [5.41, 5.74) is -0.736. The molecule has 0 aliphatic heterocycles. The van der Waals surface area contributed by atoms with Gasteiger partial charge in [0.2, 0.25) is 10.0 Å². The van der Waals surface area contributed by atoms with Crippen molar-refractivity contribution in [1.82, 2.24) is 9.71 Å². The molecule has 8 nitrogen and oxygen atoms in total. The molecule has 0 atom stereocenters. The highest BCUT2D eigenvalue weighted by atomic mass is 32.2. The number of carbonyl (C=O) groups excluding carboxylic acids is 1. The monoisotopic (exact) mass is 505 g/mol. The lowest BCUT2D eigenvalue weighted by atomic mass is 10.1. The summed E-state index contributed by atoms with van der Waals surface area (Å²) in [7, 11) is -9.05. The van der Waals surface area contributed by atoms with Crippen molar-refractivity contribution in [2.24, 2.45) is 5.14 Å². The van der Waals surface area contributed by atoms with Crippen LogP contribution in [-0.2, 0) is 26.2 Å². The highest BCUT2D eigenvalue weighted by molar-refractivity contribution is 7.92. The Morgan fingerprint density at radius 2 is 1.66 bits per heavy atom. The fourth-order valence-corrected chi connectivity index (χ4v) is 6.05. The van der Waals surface area contributed by atoms with Gasteiger partial charge in [0.15, 0.2) is 0 Å². The van der Waals surface area contributed by atoms with Crippen LogP contribution >= 0.6 is 11.3 Å². The number of amides is 1. The summed E-state index contributed by atoms with van der Waals surface area (Å²) in [6.07, 6.45) is -4.58. The van der Waals surface area contributed by atoms with Crippen molar-refractivity contribution in [3.63, 3.8) is 0 Å². The van der Waals surface area contributed by atoms with Gasteiger partial charge in [-0.15, -0.1) is 11.3 Å². The van der Waals surface area contributed by atoms with E-state index in [1.807, 2.05) is 0 Å². The molecule has 0 aliphatic rings. The number of sulfonamides is 2. The first-order chi connectivity index (χ1) is 14.7. The minimum atomic E-state index is -4.65. The van der Waals surface area contributed by atoms with Crippen LogP contribution in [0.2, 0.25) is 0 Å². The topological polar surface area (TPSA) is 136 Å². The lowest BCUT2D eigenvalue weighted by Gasteiger charge is -2.09. The number of hydrogen-bond donors (Lipinski definition) is 2. The zero-order chi connectivity index (χ0) is 23.9. The molecular formula is C18H14F3N3O5S3. The number of aryl methyl sites for hydroxylation is 1. The van der Waals surface area contributed by atoms with Crippen molar-refractivity contribution in [3.8, 4) is 10.6 Å². The Morgan fingerprint density at radius 1 is 1.03 bits per heavy atom. The number of halogens is 3. The molecule has 1 heterocycles. The molecule has 14 heteroatoms. The molecule has 3 N–H and O–H groups in total. The summed E-state index contributed by atoms with van der Waals surface area (Å²) in [5, 5.41) is 5.11. The van der Waals surface area contributed by atoms with Crippen LogP contribution in [0.3, 0.4) is 0 Å². The van der Waals surface area contributed by atoms with E-state index in [9.17, 15) is 34.8 Å². The van der Waals surface area contributed by atoms with Gasteiger partial charge in [-0.3, -0.25) is 4.79 Å². The molecule has 0 aliphatic carbocycles. The standard InChI is InChI=1S/C18H14F3N3O5S3/c1-10-15(30-17(23-10)11-5-4-6-12(9-11)18(19,20)21)16(25)24-32(28,29)14-8-3-2-7-13(14)31(22,26)27/h2-9H,1H3,(H,24,25)(H2,22,26,27). The van der Waals surface area contributed by atoms with Crippen LogP contribution < -0.4 is 9.86 Å². The molecular weight excluding hydrogens is 491 g/mol. The number of primary sulfonamides is 1. The highest BCUT2D eigenvalue weighted by Crippen LogP contribution is 2.34. The van der Waals surface area contributed by atoms with E-state index < -0.39 is 47.5 Å². The number of hydrogen-bond acceptors (Lipinski definition) is 7. The van der Waals surface area contributed by atoms with Gasteiger partial charge < -0.3 is 0 Å². The van der Waals surface area contributed by atoms with E-state index in [-0.39, 0.29) is 21.1 Å². The van der Waals surface area contributed by atoms with E-state index in [1.54, 1.807) is 4.72 Å². The van der Waals surface area contributed by atoms with Gasteiger partial charge in [0.1, 0.15) is 19.7 Å². The molecule has 2 aromatic carbocycles. The van der Waals surface area contributed by atoms with Crippen LogP contribution in [0.4, 0.5) is 13.2 Å². The second-order valence-corrected chi connectivity index (χ2v) is 10.6. The Morgan fingerprint density at radius 3 is 2.25 bits per heavy atom. The van der Waals surface area contributed by atoms with Gasteiger partial charge >= 0.3 is 6.18 Å². The molecule has 0 unspecified atom stereocenters. The molecule has 0 fully saturated rings. The Bertz CT molecular complexity index is 1410. The lowest BCUT2D eigenvalue weighted by Crippen LogP contribution is -2.32. The SMILES string of the molecule is Cc1nc(-c2cccc(C(F)(F)F)c2)sc1C(=O)NS(=O)(=O)c1ccccc1S(N)(=O)=O. The maximum absolute atomic E-state index is 13.0. The first-order valence-corrected chi connectivity index (χ1v) is 12.4. The molecule has 3 rings (SSSR count). The normalized spacial score (nSPS) is 12.5. The van der Waals surface area contributed by atoms with Crippen molar-refractivity contribution < 1.29 is 34.8 Å². The Hall–Kier alpha value is -2.81. The summed E-state index contributed by atoms with van der Waals surface area (Å²) in [6.45, 7) is 1.38. The quantitative estimate of drug-likeness (QED) is 0.547. The van der Waals surface area contributed by atoms with Gasteiger partial charge in [-0.2, -0.15) is 13.2 Å². The molecule has 0 radical (unpaired) electrons. The maximum Gasteiger partial charge on any atom is 0.416 e. The van der Waals surface area contributed by atoms with Gasteiger partial charge in [0, 0.05) is 5.56 Å². The maximum atomic E-state index is 13.0. The number of aromatic nitrogens is 1. The Kier molecular flexibility index (Phi) is 6.16. The van der Waals surface area contributed by atoms with Crippen LogP contribution in [0.1, 0.15) is 20.9 Å². The Balaban J connectivity index is 1.95. The van der Waals surface area contributed by atoms with Gasteiger partial charge in [-0.25, -0.2) is 31.7 Å². The summed E-state index contributed by atoms with van der Waals surface area (Å²) >= 11 is 0.688.